The summed E-state index contributed by atoms with van der Waals surface area (Å²) in [6, 6.07) is 5.56. The molecule has 0 N–H and O–H groups in total. The van der Waals surface area contributed by atoms with Crippen molar-refractivity contribution in [2.24, 2.45) is 0 Å². The normalized spacial score (nSPS) is 11.8. The molecular formula is C14H13N3OS2. The van der Waals surface area contributed by atoms with Crippen LogP contribution >= 0.6 is 23.1 Å². The number of pyridine rings is 1. The van der Waals surface area contributed by atoms with Crippen molar-refractivity contribution in [1.82, 2.24) is 9.97 Å². The lowest BCUT2D eigenvalue weighted by atomic mass is 10.0. The second-order valence-corrected chi connectivity index (χ2v) is 6.25. The molecule has 0 amide bonds. The van der Waals surface area contributed by atoms with Gasteiger partial charge in [-0.25, -0.2) is 9.97 Å². The van der Waals surface area contributed by atoms with E-state index >= 15 is 0 Å². The van der Waals surface area contributed by atoms with Gasteiger partial charge in [0.1, 0.15) is 5.01 Å². The highest BCUT2D eigenvalue weighted by molar-refractivity contribution is 7.99. The van der Waals surface area contributed by atoms with Crippen LogP contribution in [0.5, 0.6) is 0 Å². The van der Waals surface area contributed by atoms with Crippen molar-refractivity contribution in [3.63, 3.8) is 0 Å². The Morgan fingerprint density at radius 2 is 2.35 bits per heavy atom. The molecule has 0 fully saturated rings. The highest BCUT2D eigenvalue weighted by Crippen LogP contribution is 2.24. The lowest BCUT2D eigenvalue weighted by Gasteiger charge is -2.05. The number of thioether (sulfide) groups is 1. The lowest BCUT2D eigenvalue weighted by molar-refractivity contribution is 0.0978. The predicted octanol–water partition coefficient (Wildman–Crippen LogP) is 3.45. The molecule has 0 saturated heterocycles. The molecule has 2 aromatic rings. The summed E-state index contributed by atoms with van der Waals surface area (Å²) in [5.74, 6) is -0.165. The monoisotopic (exact) mass is 303 g/mol. The van der Waals surface area contributed by atoms with E-state index in [1.165, 1.54) is 17.5 Å². The summed E-state index contributed by atoms with van der Waals surface area (Å²) in [5.41, 5.74) is 1.27. The van der Waals surface area contributed by atoms with E-state index in [-0.39, 0.29) is 5.78 Å². The van der Waals surface area contributed by atoms with Gasteiger partial charge in [-0.1, -0.05) is 6.92 Å². The van der Waals surface area contributed by atoms with E-state index in [9.17, 15) is 10.1 Å². The number of thiazole rings is 1. The molecule has 0 radical (unpaired) electrons. The van der Waals surface area contributed by atoms with Gasteiger partial charge < -0.3 is 0 Å². The Morgan fingerprint density at radius 1 is 1.55 bits per heavy atom. The first-order valence-corrected chi connectivity index (χ1v) is 7.97. The molecule has 0 saturated carbocycles. The smallest absolute Gasteiger partial charge is 0.188 e. The van der Waals surface area contributed by atoms with Gasteiger partial charge in [-0.2, -0.15) is 5.26 Å². The first kappa shape index (κ1) is 14.7. The molecule has 1 atom stereocenters. The summed E-state index contributed by atoms with van der Waals surface area (Å²) in [7, 11) is 0. The van der Waals surface area contributed by atoms with Gasteiger partial charge >= 0.3 is 0 Å². The van der Waals surface area contributed by atoms with Crippen molar-refractivity contribution in [2.45, 2.75) is 24.8 Å². The first-order valence-electron chi connectivity index (χ1n) is 6.10. The minimum absolute atomic E-state index is 0.248. The molecule has 0 aliphatic heterocycles. The zero-order valence-corrected chi connectivity index (χ0v) is 12.8. The zero-order valence-electron chi connectivity index (χ0n) is 11.2. The van der Waals surface area contributed by atoms with Gasteiger partial charge in [0.25, 0.3) is 0 Å². The van der Waals surface area contributed by atoms with Crippen molar-refractivity contribution < 1.29 is 4.79 Å². The van der Waals surface area contributed by atoms with Crippen molar-refractivity contribution in [3.8, 4) is 6.07 Å². The molecule has 4 nitrogen and oxygen atoms in total. The number of ketones is 1. The molecule has 0 aromatic carbocycles. The van der Waals surface area contributed by atoms with Crippen LogP contribution in [0.1, 0.15) is 33.9 Å². The first-order chi connectivity index (χ1) is 9.65. The molecule has 0 bridgehead atoms. The SMILES string of the molecule is CCSc1ccc(C(=O)[C@H](C#N)c2nc(C)cs2)cn1. The van der Waals surface area contributed by atoms with Crippen LogP contribution in [-0.4, -0.2) is 21.5 Å². The maximum absolute atomic E-state index is 12.4. The van der Waals surface area contributed by atoms with Crippen LogP contribution in [0.2, 0.25) is 0 Å². The van der Waals surface area contributed by atoms with E-state index < -0.39 is 5.92 Å². The predicted molar refractivity (Wildman–Crippen MR) is 80.2 cm³/mol. The summed E-state index contributed by atoms with van der Waals surface area (Å²) >= 11 is 2.95. The molecule has 2 heterocycles. The molecule has 20 heavy (non-hydrogen) atoms. The van der Waals surface area contributed by atoms with Crippen LogP contribution < -0.4 is 0 Å². The Bertz CT molecular complexity index is 643. The highest BCUT2D eigenvalue weighted by Gasteiger charge is 2.24. The van der Waals surface area contributed by atoms with Crippen LogP contribution in [0, 0.1) is 18.3 Å². The van der Waals surface area contributed by atoms with Gasteiger partial charge in [0.05, 0.1) is 11.1 Å². The van der Waals surface area contributed by atoms with Gasteiger partial charge in [-0.15, -0.1) is 23.1 Å². The van der Waals surface area contributed by atoms with Crippen LogP contribution in [0.4, 0.5) is 0 Å². The summed E-state index contributed by atoms with van der Waals surface area (Å²) in [6.45, 7) is 3.89. The maximum Gasteiger partial charge on any atom is 0.188 e. The van der Waals surface area contributed by atoms with E-state index in [4.69, 9.17) is 0 Å². The summed E-state index contributed by atoms with van der Waals surface area (Å²) in [5, 5.41) is 12.5. The largest absolute Gasteiger partial charge is 0.292 e. The second kappa shape index (κ2) is 6.64. The Labute approximate surface area is 125 Å². The second-order valence-electron chi connectivity index (χ2n) is 4.07. The van der Waals surface area contributed by atoms with E-state index in [0.29, 0.717) is 10.6 Å². The number of aryl methyl sites for hydroxylation is 1. The minimum Gasteiger partial charge on any atom is -0.292 e. The number of nitriles is 1. The topological polar surface area (TPSA) is 66.6 Å². The van der Waals surface area contributed by atoms with Gasteiger partial charge in [0.15, 0.2) is 11.7 Å². The third kappa shape index (κ3) is 3.24. The molecule has 2 rings (SSSR count). The summed E-state index contributed by atoms with van der Waals surface area (Å²) < 4.78 is 0. The van der Waals surface area contributed by atoms with Crippen LogP contribution in [0.3, 0.4) is 0 Å². The van der Waals surface area contributed by atoms with E-state index in [1.807, 2.05) is 31.4 Å². The number of carbonyl (C=O) groups is 1. The Hall–Kier alpha value is -1.71. The average Bonchev–Trinajstić information content (AvgIpc) is 2.87. The third-order valence-electron chi connectivity index (χ3n) is 2.59. The third-order valence-corrected chi connectivity index (χ3v) is 4.44. The Balaban J connectivity index is 2.23. The van der Waals surface area contributed by atoms with Gasteiger partial charge in [0.2, 0.25) is 0 Å². The molecule has 6 heteroatoms. The van der Waals surface area contributed by atoms with Crippen molar-refractivity contribution in [3.05, 3.63) is 40.0 Å². The van der Waals surface area contributed by atoms with Gasteiger partial charge in [0, 0.05) is 22.8 Å². The Kier molecular flexibility index (Phi) is 4.88. The van der Waals surface area contributed by atoms with Crippen LogP contribution in [-0.2, 0) is 0 Å². The maximum atomic E-state index is 12.4. The zero-order chi connectivity index (χ0) is 14.5. The molecule has 0 aliphatic carbocycles. The quantitative estimate of drug-likeness (QED) is 0.625. The number of carbonyl (C=O) groups excluding carboxylic acids is 1. The number of rotatable bonds is 5. The summed E-state index contributed by atoms with van der Waals surface area (Å²) in [6.07, 6.45) is 1.53. The molecule has 0 aliphatic rings. The molecule has 0 spiro atoms. The lowest BCUT2D eigenvalue weighted by Crippen LogP contribution is -2.11. The highest BCUT2D eigenvalue weighted by atomic mass is 32.2. The minimum atomic E-state index is -0.847. The van der Waals surface area contributed by atoms with Crippen LogP contribution in [0.15, 0.2) is 28.7 Å². The standard InChI is InChI=1S/C14H13N3OS2/c1-3-19-12-5-4-10(7-16-12)13(18)11(6-15)14-17-9(2)8-20-14/h4-5,7-8,11H,3H2,1-2H3/t11-/m0/s1. The number of nitrogens with zero attached hydrogens (tertiary/aromatic N) is 3. The van der Waals surface area contributed by atoms with Crippen molar-refractivity contribution in [1.29, 1.82) is 5.26 Å². The fourth-order valence-corrected chi connectivity index (χ4v) is 3.08. The Morgan fingerprint density at radius 3 is 2.85 bits per heavy atom. The molecule has 0 unspecified atom stereocenters. The molecule has 2 aromatic heterocycles. The van der Waals surface area contributed by atoms with Crippen molar-refractivity contribution in [2.75, 3.05) is 5.75 Å². The van der Waals surface area contributed by atoms with E-state index in [2.05, 4.69) is 9.97 Å². The van der Waals surface area contributed by atoms with Crippen LogP contribution in [0.25, 0.3) is 0 Å². The number of hydrogen-bond acceptors (Lipinski definition) is 6. The number of Topliss-reactive ketones (excluding diaryl/α,β-unsaturated/α-hetero) is 1. The van der Waals surface area contributed by atoms with Crippen molar-refractivity contribution >= 4 is 28.9 Å². The number of aromatic nitrogens is 2. The molecule has 102 valence electrons. The fraction of sp³-hybridized carbons (Fsp3) is 0.286. The average molecular weight is 303 g/mol. The van der Waals surface area contributed by atoms with E-state index in [1.54, 1.807) is 17.8 Å². The number of hydrogen-bond donors (Lipinski definition) is 0. The molecular weight excluding hydrogens is 290 g/mol. The summed E-state index contributed by atoms with van der Waals surface area (Å²) in [4.78, 5) is 20.8. The fourth-order valence-electron chi connectivity index (χ4n) is 1.66. The van der Waals surface area contributed by atoms with E-state index in [0.717, 1.165) is 16.5 Å². The van der Waals surface area contributed by atoms with Gasteiger partial charge in [-0.3, -0.25) is 4.79 Å². The van der Waals surface area contributed by atoms with Gasteiger partial charge in [-0.05, 0) is 24.8 Å².